The van der Waals surface area contributed by atoms with E-state index in [2.05, 4.69) is 24.1 Å². The molecule has 1 saturated heterocycles. The first-order chi connectivity index (χ1) is 13.4. The number of amides is 1. The molecule has 3 rings (SSSR count). The van der Waals surface area contributed by atoms with Crippen LogP contribution in [0.15, 0.2) is 28.9 Å². The third-order valence-corrected chi connectivity index (χ3v) is 5.46. The lowest BCUT2D eigenvalue weighted by Crippen LogP contribution is -2.45. The van der Waals surface area contributed by atoms with Gasteiger partial charge in [-0.05, 0) is 36.6 Å². The lowest BCUT2D eigenvalue weighted by atomic mass is 10.2. The van der Waals surface area contributed by atoms with Crippen molar-refractivity contribution in [3.05, 3.63) is 40.7 Å². The second-order valence-electron chi connectivity index (χ2n) is 7.30. The van der Waals surface area contributed by atoms with Gasteiger partial charge in [0.05, 0.1) is 17.9 Å². The van der Waals surface area contributed by atoms with Crippen molar-refractivity contribution in [2.45, 2.75) is 26.9 Å². The molecule has 1 aliphatic heterocycles. The van der Waals surface area contributed by atoms with Crippen molar-refractivity contribution in [3.63, 3.8) is 0 Å². The Morgan fingerprint density at radius 3 is 2.96 bits per heavy atom. The molecule has 8 heteroatoms. The second kappa shape index (κ2) is 9.36. The molecule has 2 aromatic rings. The maximum Gasteiger partial charge on any atom is 0.348 e. The molecule has 0 aliphatic carbocycles. The first-order valence-electron chi connectivity index (χ1n) is 9.38. The van der Waals surface area contributed by atoms with Crippen LogP contribution in [0.3, 0.4) is 0 Å². The van der Waals surface area contributed by atoms with E-state index in [0.717, 1.165) is 25.2 Å². The van der Waals surface area contributed by atoms with Crippen LogP contribution in [-0.2, 0) is 9.47 Å². The Bertz CT molecular complexity index is 800. The van der Waals surface area contributed by atoms with Crippen molar-refractivity contribution in [2.75, 3.05) is 38.2 Å². The molecule has 1 atom stereocenters. The summed E-state index contributed by atoms with van der Waals surface area (Å²) >= 11 is 1.19. The van der Waals surface area contributed by atoms with Gasteiger partial charge in [-0.2, -0.15) is 0 Å². The van der Waals surface area contributed by atoms with Crippen LogP contribution in [-0.4, -0.2) is 55.7 Å². The minimum absolute atomic E-state index is 0.116. The quantitative estimate of drug-likeness (QED) is 0.710. The van der Waals surface area contributed by atoms with E-state index in [0.29, 0.717) is 22.4 Å². The van der Waals surface area contributed by atoms with Gasteiger partial charge in [-0.1, -0.05) is 13.8 Å². The van der Waals surface area contributed by atoms with Crippen LogP contribution < -0.4 is 5.32 Å². The van der Waals surface area contributed by atoms with Gasteiger partial charge in [0.1, 0.15) is 17.6 Å². The Labute approximate surface area is 168 Å². The van der Waals surface area contributed by atoms with Crippen molar-refractivity contribution in [2.24, 2.45) is 5.92 Å². The molecule has 2 aromatic heterocycles. The summed E-state index contributed by atoms with van der Waals surface area (Å²) in [5.74, 6) is 0.0538. The fourth-order valence-electron chi connectivity index (χ4n) is 3.13. The van der Waals surface area contributed by atoms with E-state index >= 15 is 0 Å². The van der Waals surface area contributed by atoms with Gasteiger partial charge in [-0.3, -0.25) is 9.69 Å². The monoisotopic (exact) mass is 406 g/mol. The minimum atomic E-state index is -0.398. The highest BCUT2D eigenvalue weighted by Crippen LogP contribution is 2.28. The molecule has 152 valence electrons. The summed E-state index contributed by atoms with van der Waals surface area (Å²) in [5.41, 5.74) is 0.760. The Morgan fingerprint density at radius 1 is 1.43 bits per heavy atom. The van der Waals surface area contributed by atoms with Crippen LogP contribution >= 0.6 is 11.3 Å². The summed E-state index contributed by atoms with van der Waals surface area (Å²) in [6.45, 7) is 9.74. The first kappa shape index (κ1) is 20.6. The summed E-state index contributed by atoms with van der Waals surface area (Å²) in [6.07, 6.45) is 1.32. The van der Waals surface area contributed by atoms with Crippen LogP contribution in [0.2, 0.25) is 0 Å². The third-order valence-electron chi connectivity index (χ3n) is 4.33. The van der Waals surface area contributed by atoms with Gasteiger partial charge in [-0.25, -0.2) is 4.79 Å². The number of carbonyl (C=O) groups excluding carboxylic acids is 2. The highest BCUT2D eigenvalue weighted by molar-refractivity contribution is 7.18. The largest absolute Gasteiger partial charge is 0.459 e. The van der Waals surface area contributed by atoms with E-state index in [1.807, 2.05) is 6.92 Å². The summed E-state index contributed by atoms with van der Waals surface area (Å²) in [7, 11) is 0. The molecule has 1 aliphatic rings. The smallest absolute Gasteiger partial charge is 0.348 e. The van der Waals surface area contributed by atoms with E-state index in [4.69, 9.17) is 13.9 Å². The number of thiophene rings is 1. The van der Waals surface area contributed by atoms with Crippen LogP contribution in [0.1, 0.15) is 39.6 Å². The number of anilines is 1. The molecule has 28 heavy (non-hydrogen) atoms. The number of hydrogen-bond acceptors (Lipinski definition) is 7. The SMILES string of the molecule is Cc1cc(NC(=O)c2ccco2)sc1C(=O)OCC1CN(CC(C)C)CCO1. The van der Waals surface area contributed by atoms with Crippen LogP contribution in [0.4, 0.5) is 5.00 Å². The lowest BCUT2D eigenvalue weighted by Gasteiger charge is -2.33. The number of nitrogens with one attached hydrogen (secondary N) is 1. The van der Waals surface area contributed by atoms with E-state index in [-0.39, 0.29) is 24.4 Å². The molecule has 0 radical (unpaired) electrons. The number of esters is 1. The molecule has 1 unspecified atom stereocenters. The molecule has 1 N–H and O–H groups in total. The highest BCUT2D eigenvalue weighted by Gasteiger charge is 2.24. The zero-order valence-corrected chi connectivity index (χ0v) is 17.2. The maximum atomic E-state index is 12.5. The summed E-state index contributed by atoms with van der Waals surface area (Å²) in [4.78, 5) is 27.4. The van der Waals surface area contributed by atoms with E-state index in [1.165, 1.54) is 17.6 Å². The van der Waals surface area contributed by atoms with E-state index in [1.54, 1.807) is 18.2 Å². The fraction of sp³-hybridized carbons (Fsp3) is 0.500. The third kappa shape index (κ3) is 5.43. The topological polar surface area (TPSA) is 81.0 Å². The van der Waals surface area contributed by atoms with Crippen molar-refractivity contribution in [1.29, 1.82) is 0 Å². The summed E-state index contributed by atoms with van der Waals surface area (Å²) in [6, 6.07) is 4.98. The Kier molecular flexibility index (Phi) is 6.88. The summed E-state index contributed by atoms with van der Waals surface area (Å²) in [5, 5.41) is 3.31. The molecule has 3 heterocycles. The second-order valence-corrected chi connectivity index (χ2v) is 8.35. The minimum Gasteiger partial charge on any atom is -0.459 e. The molecule has 0 bridgehead atoms. The van der Waals surface area contributed by atoms with Gasteiger partial charge < -0.3 is 19.2 Å². The zero-order chi connectivity index (χ0) is 20.1. The van der Waals surface area contributed by atoms with Gasteiger partial charge in [-0.15, -0.1) is 11.3 Å². The van der Waals surface area contributed by atoms with Crippen molar-refractivity contribution >= 4 is 28.2 Å². The van der Waals surface area contributed by atoms with Gasteiger partial charge in [0.15, 0.2) is 5.76 Å². The number of carbonyl (C=O) groups is 2. The van der Waals surface area contributed by atoms with Crippen LogP contribution in [0.5, 0.6) is 0 Å². The van der Waals surface area contributed by atoms with Gasteiger partial charge in [0.2, 0.25) is 0 Å². The van der Waals surface area contributed by atoms with Gasteiger partial charge >= 0.3 is 5.97 Å². The molecule has 1 fully saturated rings. The number of ether oxygens (including phenoxy) is 2. The Balaban J connectivity index is 1.53. The molecule has 0 spiro atoms. The fourth-order valence-corrected chi connectivity index (χ4v) is 4.09. The van der Waals surface area contributed by atoms with Gasteiger partial charge in [0.25, 0.3) is 5.91 Å². The molecular formula is C20H26N2O5S. The molecule has 0 saturated carbocycles. The Morgan fingerprint density at radius 2 is 2.25 bits per heavy atom. The Hall–Kier alpha value is -2.16. The zero-order valence-electron chi connectivity index (χ0n) is 16.4. The maximum absolute atomic E-state index is 12.5. The number of hydrogen-bond donors (Lipinski definition) is 1. The lowest BCUT2D eigenvalue weighted by molar-refractivity contribution is -0.0611. The highest BCUT2D eigenvalue weighted by atomic mass is 32.1. The predicted octanol–water partition coefficient (Wildman–Crippen LogP) is 3.42. The number of aryl methyl sites for hydroxylation is 1. The normalized spacial score (nSPS) is 17.6. The van der Waals surface area contributed by atoms with Crippen LogP contribution in [0.25, 0.3) is 0 Å². The first-order valence-corrected chi connectivity index (χ1v) is 10.2. The number of nitrogens with zero attached hydrogens (tertiary/aromatic N) is 1. The number of furan rings is 1. The predicted molar refractivity (Wildman–Crippen MR) is 107 cm³/mol. The molecule has 0 aromatic carbocycles. The average molecular weight is 407 g/mol. The van der Waals surface area contributed by atoms with E-state index in [9.17, 15) is 9.59 Å². The number of morpholine rings is 1. The summed E-state index contributed by atoms with van der Waals surface area (Å²) < 4.78 is 16.3. The van der Waals surface area contributed by atoms with Gasteiger partial charge in [0, 0.05) is 19.6 Å². The molecule has 1 amide bonds. The number of rotatable bonds is 7. The molecular weight excluding hydrogens is 380 g/mol. The molecule has 7 nitrogen and oxygen atoms in total. The standard InChI is InChI=1S/C20H26N2O5S/c1-13(2)10-22-6-8-25-15(11-22)12-27-20(24)18-14(3)9-17(28-18)21-19(23)16-5-4-7-26-16/h4-5,7,9,13,15H,6,8,10-12H2,1-3H3,(H,21,23). The van der Waals surface area contributed by atoms with Crippen molar-refractivity contribution in [3.8, 4) is 0 Å². The average Bonchev–Trinajstić information content (AvgIpc) is 3.29. The van der Waals surface area contributed by atoms with E-state index < -0.39 is 5.97 Å². The van der Waals surface area contributed by atoms with Crippen molar-refractivity contribution < 1.29 is 23.5 Å². The van der Waals surface area contributed by atoms with Crippen molar-refractivity contribution in [1.82, 2.24) is 4.90 Å². The van der Waals surface area contributed by atoms with Crippen LogP contribution in [0, 0.1) is 12.8 Å².